The van der Waals surface area contributed by atoms with Crippen LogP contribution in [0.3, 0.4) is 0 Å². The Bertz CT molecular complexity index is 1090. The summed E-state index contributed by atoms with van der Waals surface area (Å²) >= 11 is 0. The molecule has 0 saturated carbocycles. The molecule has 4 rings (SSSR count). The molecule has 2 aromatic carbocycles. The lowest BCUT2D eigenvalue weighted by atomic mass is 10.3. The van der Waals surface area contributed by atoms with Crippen molar-refractivity contribution in [2.75, 3.05) is 44.8 Å². The first-order valence-electron chi connectivity index (χ1n) is 9.93. The molecule has 2 aliphatic rings. The molecule has 1 fully saturated rings. The summed E-state index contributed by atoms with van der Waals surface area (Å²) < 4.78 is 45.4. The number of carbonyl (C=O) groups excluding carboxylic acids is 1. The van der Waals surface area contributed by atoms with Crippen LogP contribution < -0.4 is 15.3 Å². The van der Waals surface area contributed by atoms with Gasteiger partial charge in [0.15, 0.2) is 6.61 Å². The lowest BCUT2D eigenvalue weighted by Crippen LogP contribution is -2.51. The minimum atomic E-state index is -3.72. The third-order valence-electron chi connectivity index (χ3n) is 5.20. The third-order valence-corrected chi connectivity index (χ3v) is 7.11. The molecule has 0 spiro atoms. The maximum atomic E-state index is 13.1. The van der Waals surface area contributed by atoms with Crippen molar-refractivity contribution >= 4 is 28.0 Å². The summed E-state index contributed by atoms with van der Waals surface area (Å²) in [5.74, 6) is -0.168. The van der Waals surface area contributed by atoms with Crippen molar-refractivity contribution in [1.29, 1.82) is 0 Å². The molecule has 0 radical (unpaired) electrons. The van der Waals surface area contributed by atoms with E-state index in [1.807, 2.05) is 19.2 Å². The minimum absolute atomic E-state index is 0.0348. The zero-order valence-electron chi connectivity index (χ0n) is 17.4. The van der Waals surface area contributed by atoms with Crippen molar-refractivity contribution in [2.24, 2.45) is 5.10 Å². The largest absolute Gasteiger partial charge is 0.484 e. The highest BCUT2D eigenvalue weighted by Crippen LogP contribution is 2.21. The van der Waals surface area contributed by atoms with Gasteiger partial charge in [0.25, 0.3) is 5.91 Å². The molecule has 0 bridgehead atoms. The Hall–Kier alpha value is -3.22. The molecule has 2 heterocycles. The molecule has 1 amide bonds. The minimum Gasteiger partial charge on any atom is -0.484 e. The Kier molecular flexibility index (Phi) is 6.26. The monoisotopic (exact) mass is 462 g/mol. The molecule has 0 unspecified atom stereocenters. The number of piperazine rings is 1. The van der Waals surface area contributed by atoms with E-state index in [9.17, 15) is 17.6 Å². The number of hydrazine groups is 2. The van der Waals surface area contributed by atoms with Gasteiger partial charge in [-0.25, -0.2) is 23.4 Å². The van der Waals surface area contributed by atoms with Gasteiger partial charge in [-0.15, -0.1) is 5.12 Å². The molecule has 170 valence electrons. The zero-order valence-corrected chi connectivity index (χ0v) is 18.2. The maximum absolute atomic E-state index is 13.1. The van der Waals surface area contributed by atoms with E-state index in [4.69, 9.17) is 4.74 Å². The van der Waals surface area contributed by atoms with Gasteiger partial charge < -0.3 is 9.64 Å². The second-order valence-electron chi connectivity index (χ2n) is 7.23. The topological polar surface area (TPSA) is 97.8 Å². The van der Waals surface area contributed by atoms with Crippen LogP contribution >= 0.6 is 0 Å². The molecule has 0 aliphatic carbocycles. The van der Waals surface area contributed by atoms with E-state index >= 15 is 0 Å². The summed E-state index contributed by atoms with van der Waals surface area (Å²) in [4.78, 5) is 14.1. The summed E-state index contributed by atoms with van der Waals surface area (Å²) in [6.07, 6.45) is 1.63. The second kappa shape index (κ2) is 9.10. The molecule has 10 nitrogen and oxygen atoms in total. The number of halogens is 1. The third kappa shape index (κ3) is 4.66. The van der Waals surface area contributed by atoms with Gasteiger partial charge in [-0.3, -0.25) is 4.79 Å². The van der Waals surface area contributed by atoms with Gasteiger partial charge in [0.1, 0.15) is 17.9 Å². The van der Waals surface area contributed by atoms with Gasteiger partial charge in [-0.2, -0.15) is 9.41 Å². The molecule has 12 heteroatoms. The van der Waals surface area contributed by atoms with Crippen molar-refractivity contribution < 1.29 is 22.3 Å². The van der Waals surface area contributed by atoms with Crippen LogP contribution in [0.15, 0.2) is 58.5 Å². The standard InChI is InChI=1S/C20H23FN6O4S/c1-24-23-22-15-27(24)17-4-6-18(7-5-17)31-14-20(28)25-10-12-26(13-11-25)32(29,30)19-8-2-16(21)3-9-19/h2-9,15,23H,10-14H2,1H3. The summed E-state index contributed by atoms with van der Waals surface area (Å²) in [6, 6.07) is 11.9. The molecule has 2 aromatic rings. The summed E-state index contributed by atoms with van der Waals surface area (Å²) in [6.45, 7) is 0.708. The van der Waals surface area contributed by atoms with E-state index in [0.717, 1.165) is 17.8 Å². The van der Waals surface area contributed by atoms with E-state index in [0.29, 0.717) is 5.75 Å². The average molecular weight is 463 g/mol. The molecule has 0 atom stereocenters. The molecule has 2 aliphatic heterocycles. The maximum Gasteiger partial charge on any atom is 0.260 e. The fraction of sp³-hybridized carbons (Fsp3) is 0.300. The van der Waals surface area contributed by atoms with E-state index in [2.05, 4.69) is 10.6 Å². The molecule has 1 N–H and O–H groups in total. The number of amides is 1. The number of rotatable bonds is 6. The lowest BCUT2D eigenvalue weighted by Gasteiger charge is -2.34. The Balaban J connectivity index is 1.27. The van der Waals surface area contributed by atoms with Gasteiger partial charge in [-0.05, 0) is 48.5 Å². The number of hydrazone groups is 1. The second-order valence-corrected chi connectivity index (χ2v) is 9.17. The van der Waals surface area contributed by atoms with Crippen LogP contribution in [0.2, 0.25) is 0 Å². The molecule has 32 heavy (non-hydrogen) atoms. The quantitative estimate of drug-likeness (QED) is 0.680. The van der Waals surface area contributed by atoms with E-state index in [-0.39, 0.29) is 43.6 Å². The van der Waals surface area contributed by atoms with Crippen molar-refractivity contribution in [3.8, 4) is 5.75 Å². The van der Waals surface area contributed by atoms with Gasteiger partial charge in [0, 0.05) is 33.2 Å². The average Bonchev–Trinajstić information content (AvgIpc) is 3.24. The van der Waals surface area contributed by atoms with Crippen LogP contribution in [-0.4, -0.2) is 74.8 Å². The zero-order chi connectivity index (χ0) is 22.7. The van der Waals surface area contributed by atoms with E-state index in [1.165, 1.54) is 16.4 Å². The number of carbonyl (C=O) groups is 1. The predicted molar refractivity (Wildman–Crippen MR) is 116 cm³/mol. The first kappa shape index (κ1) is 22.0. The van der Waals surface area contributed by atoms with Crippen LogP contribution in [0.1, 0.15) is 0 Å². The number of nitrogens with one attached hydrogen (secondary N) is 1. The first-order valence-corrected chi connectivity index (χ1v) is 11.4. The molecular weight excluding hydrogens is 439 g/mol. The number of nitrogens with zero attached hydrogens (tertiary/aromatic N) is 5. The van der Waals surface area contributed by atoms with E-state index < -0.39 is 15.8 Å². The van der Waals surface area contributed by atoms with Crippen LogP contribution in [0.4, 0.5) is 10.1 Å². The molecule has 0 aromatic heterocycles. The Morgan fingerprint density at radius 1 is 1.06 bits per heavy atom. The summed E-state index contributed by atoms with van der Waals surface area (Å²) in [7, 11) is -1.90. The van der Waals surface area contributed by atoms with E-state index in [1.54, 1.807) is 33.5 Å². The van der Waals surface area contributed by atoms with Crippen LogP contribution in [0, 0.1) is 5.82 Å². The van der Waals surface area contributed by atoms with Gasteiger partial charge >= 0.3 is 0 Å². The number of sulfonamides is 1. The van der Waals surface area contributed by atoms with Crippen LogP contribution in [0.5, 0.6) is 5.75 Å². The Morgan fingerprint density at radius 2 is 1.72 bits per heavy atom. The van der Waals surface area contributed by atoms with Crippen molar-refractivity contribution in [2.45, 2.75) is 4.90 Å². The number of benzene rings is 2. The highest BCUT2D eigenvalue weighted by atomic mass is 32.2. The smallest absolute Gasteiger partial charge is 0.260 e. The Morgan fingerprint density at radius 3 is 2.31 bits per heavy atom. The molecule has 1 saturated heterocycles. The predicted octanol–water partition coefficient (Wildman–Crippen LogP) is 0.852. The molecular formula is C20H23FN6O4S. The fourth-order valence-corrected chi connectivity index (χ4v) is 4.82. The van der Waals surface area contributed by atoms with Gasteiger partial charge in [-0.1, -0.05) is 0 Å². The van der Waals surface area contributed by atoms with Crippen molar-refractivity contribution in [3.63, 3.8) is 0 Å². The van der Waals surface area contributed by atoms with Crippen molar-refractivity contribution in [1.82, 2.24) is 19.9 Å². The number of anilines is 1. The highest BCUT2D eigenvalue weighted by Gasteiger charge is 2.30. The number of hydrogen-bond donors (Lipinski definition) is 1. The summed E-state index contributed by atoms with van der Waals surface area (Å²) in [5, 5.41) is 7.44. The lowest BCUT2D eigenvalue weighted by molar-refractivity contribution is -0.134. The number of ether oxygens (including phenoxy) is 1. The number of hydrogen-bond acceptors (Lipinski definition) is 8. The normalized spacial score (nSPS) is 17.4. The van der Waals surface area contributed by atoms with Crippen LogP contribution in [0.25, 0.3) is 0 Å². The SMILES string of the molecule is CN1NN=CN1c1ccc(OCC(=O)N2CCN(S(=O)(=O)c3ccc(F)cc3)CC2)cc1. The van der Waals surface area contributed by atoms with Crippen LogP contribution in [-0.2, 0) is 14.8 Å². The fourth-order valence-electron chi connectivity index (χ4n) is 3.39. The van der Waals surface area contributed by atoms with Gasteiger partial charge in [0.05, 0.1) is 10.6 Å². The Labute approximate surface area is 185 Å². The first-order chi connectivity index (χ1) is 15.3. The summed E-state index contributed by atoms with van der Waals surface area (Å²) in [5.41, 5.74) is 3.65. The highest BCUT2D eigenvalue weighted by molar-refractivity contribution is 7.89. The van der Waals surface area contributed by atoms with Gasteiger partial charge in [0.2, 0.25) is 10.0 Å². The van der Waals surface area contributed by atoms with Crippen molar-refractivity contribution in [3.05, 3.63) is 54.3 Å².